The van der Waals surface area contributed by atoms with Crippen LogP contribution in [0.25, 0.3) is 0 Å². The molecule has 1 heterocycles. The topological polar surface area (TPSA) is 118 Å². The lowest BCUT2D eigenvalue weighted by Crippen LogP contribution is -2.35. The van der Waals surface area contributed by atoms with E-state index in [1.165, 1.54) is 17.0 Å². The molecule has 0 atom stereocenters. The van der Waals surface area contributed by atoms with E-state index < -0.39 is 29.8 Å². The number of nitrogens with one attached hydrogen (secondary N) is 3. The first-order valence-electron chi connectivity index (χ1n) is 11.8. The fourth-order valence-corrected chi connectivity index (χ4v) is 3.17. The summed E-state index contributed by atoms with van der Waals surface area (Å²) in [6.07, 6.45) is -2.57. The Hall–Kier alpha value is -3.77. The van der Waals surface area contributed by atoms with Gasteiger partial charge in [0, 0.05) is 37.8 Å². The van der Waals surface area contributed by atoms with Crippen LogP contribution in [0.3, 0.4) is 0 Å². The highest BCUT2D eigenvalue weighted by atomic mass is 19.4. The lowest BCUT2D eigenvalue weighted by atomic mass is 10.2. The zero-order valence-electron chi connectivity index (χ0n) is 21.1. The molecule has 0 bridgehead atoms. The number of benzene rings is 1. The van der Waals surface area contributed by atoms with Gasteiger partial charge in [0.05, 0.1) is 5.69 Å². The number of halogens is 3. The third-order valence-electron chi connectivity index (χ3n) is 4.99. The van der Waals surface area contributed by atoms with Gasteiger partial charge in [-0.05, 0) is 64.3 Å². The largest absolute Gasteiger partial charge is 0.573 e. The van der Waals surface area contributed by atoms with Crippen LogP contribution in [0, 0.1) is 0 Å². The zero-order valence-corrected chi connectivity index (χ0v) is 21.1. The Morgan fingerprint density at radius 1 is 1.08 bits per heavy atom. The standard InChI is InChI=1S/C24H31F3N6O4/c1-23(2,3)37-22(35)33(4)13-5-12-28-19-14-18(15-6-7-15)30-20(31-19)32-21(34)29-16-8-10-17(11-9-16)36-24(25,26)27/h8-11,14-15H,5-7,12-13H2,1-4H3,(H3,28,29,30,31,32,34). The third kappa shape index (κ3) is 10.0. The third-order valence-corrected chi connectivity index (χ3v) is 4.99. The Bertz CT molecular complexity index is 1090. The maximum atomic E-state index is 12.4. The molecule has 10 nitrogen and oxygen atoms in total. The van der Waals surface area contributed by atoms with Crippen LogP contribution in [-0.4, -0.2) is 59.1 Å². The summed E-state index contributed by atoms with van der Waals surface area (Å²) in [5.74, 6) is 0.520. The minimum atomic E-state index is -4.80. The van der Waals surface area contributed by atoms with E-state index in [1.54, 1.807) is 7.05 Å². The van der Waals surface area contributed by atoms with Crippen molar-refractivity contribution in [2.24, 2.45) is 0 Å². The van der Waals surface area contributed by atoms with Gasteiger partial charge >= 0.3 is 18.5 Å². The van der Waals surface area contributed by atoms with E-state index in [0.29, 0.717) is 31.2 Å². The quantitative estimate of drug-likeness (QED) is 0.367. The Morgan fingerprint density at radius 3 is 2.35 bits per heavy atom. The average Bonchev–Trinajstić information content (AvgIpc) is 3.61. The highest BCUT2D eigenvalue weighted by Gasteiger charge is 2.31. The minimum absolute atomic E-state index is 0.0901. The number of hydrogen-bond donors (Lipinski definition) is 3. The van der Waals surface area contributed by atoms with Crippen LogP contribution in [0.1, 0.15) is 51.6 Å². The predicted octanol–water partition coefficient (Wildman–Crippen LogP) is 5.57. The van der Waals surface area contributed by atoms with Crippen LogP contribution < -0.4 is 20.7 Å². The molecular formula is C24H31F3N6O4. The van der Waals surface area contributed by atoms with Gasteiger partial charge in [0.15, 0.2) is 0 Å². The summed E-state index contributed by atoms with van der Waals surface area (Å²) in [5, 5.41) is 8.27. The van der Waals surface area contributed by atoms with Crippen molar-refractivity contribution in [2.45, 2.75) is 57.9 Å². The van der Waals surface area contributed by atoms with Gasteiger partial charge in [-0.3, -0.25) is 5.32 Å². The van der Waals surface area contributed by atoms with E-state index in [9.17, 15) is 22.8 Å². The molecular weight excluding hydrogens is 493 g/mol. The second kappa shape index (κ2) is 11.5. The SMILES string of the molecule is CN(CCCNc1cc(C2CC2)nc(NC(=O)Nc2ccc(OC(F)(F)F)cc2)n1)C(=O)OC(C)(C)C. The number of amides is 3. The monoisotopic (exact) mass is 524 g/mol. The number of carbonyl (C=O) groups excluding carboxylic acids is 2. The average molecular weight is 525 g/mol. The predicted molar refractivity (Wildman–Crippen MR) is 132 cm³/mol. The van der Waals surface area contributed by atoms with E-state index in [4.69, 9.17) is 4.74 Å². The molecule has 0 radical (unpaired) electrons. The first-order chi connectivity index (χ1) is 17.3. The van der Waals surface area contributed by atoms with Crippen molar-refractivity contribution in [3.05, 3.63) is 36.0 Å². The van der Waals surface area contributed by atoms with E-state index in [1.807, 2.05) is 26.8 Å². The summed E-state index contributed by atoms with van der Waals surface area (Å²) < 4.78 is 46.0. The van der Waals surface area contributed by atoms with Gasteiger partial charge in [0.1, 0.15) is 17.2 Å². The van der Waals surface area contributed by atoms with Crippen LogP contribution in [0.15, 0.2) is 30.3 Å². The molecule has 1 fully saturated rings. The summed E-state index contributed by atoms with van der Waals surface area (Å²) in [7, 11) is 1.67. The summed E-state index contributed by atoms with van der Waals surface area (Å²) >= 11 is 0. The zero-order chi connectivity index (χ0) is 27.2. The lowest BCUT2D eigenvalue weighted by Gasteiger charge is -2.24. The fourth-order valence-electron chi connectivity index (χ4n) is 3.17. The van der Waals surface area contributed by atoms with Crippen molar-refractivity contribution in [3.8, 4) is 5.75 Å². The Morgan fingerprint density at radius 2 is 1.76 bits per heavy atom. The molecule has 3 amide bonds. The van der Waals surface area contributed by atoms with Crippen LogP contribution in [0.4, 0.5) is 40.2 Å². The van der Waals surface area contributed by atoms with Crippen molar-refractivity contribution in [3.63, 3.8) is 0 Å². The molecule has 0 saturated heterocycles. The van der Waals surface area contributed by atoms with E-state index in [2.05, 4.69) is 30.7 Å². The molecule has 37 heavy (non-hydrogen) atoms. The lowest BCUT2D eigenvalue weighted by molar-refractivity contribution is -0.274. The number of carbonyl (C=O) groups is 2. The van der Waals surface area contributed by atoms with E-state index >= 15 is 0 Å². The molecule has 202 valence electrons. The Labute approximate surface area is 212 Å². The van der Waals surface area contributed by atoms with Gasteiger partial charge in [0.25, 0.3) is 0 Å². The highest BCUT2D eigenvalue weighted by molar-refractivity contribution is 5.98. The van der Waals surface area contributed by atoms with Crippen LogP contribution in [0.2, 0.25) is 0 Å². The number of anilines is 3. The van der Waals surface area contributed by atoms with Crippen LogP contribution in [0.5, 0.6) is 5.75 Å². The van der Waals surface area contributed by atoms with Crippen molar-refractivity contribution in [2.75, 3.05) is 36.1 Å². The van der Waals surface area contributed by atoms with Gasteiger partial charge in [-0.2, -0.15) is 4.98 Å². The molecule has 0 unspecified atom stereocenters. The number of urea groups is 1. The molecule has 13 heteroatoms. The summed E-state index contributed by atoms with van der Waals surface area (Å²) in [6.45, 7) is 6.42. The van der Waals surface area contributed by atoms with Gasteiger partial charge in [-0.15, -0.1) is 13.2 Å². The Kier molecular flexibility index (Phi) is 8.66. The van der Waals surface area contributed by atoms with Gasteiger partial charge in [-0.25, -0.2) is 14.6 Å². The molecule has 2 aromatic rings. The normalized spacial score (nSPS) is 13.5. The number of aromatic nitrogens is 2. The van der Waals surface area contributed by atoms with Gasteiger partial charge < -0.3 is 25.0 Å². The van der Waals surface area contributed by atoms with Crippen molar-refractivity contribution in [1.82, 2.24) is 14.9 Å². The smallest absolute Gasteiger partial charge is 0.444 e. The van der Waals surface area contributed by atoms with E-state index in [0.717, 1.165) is 30.7 Å². The highest BCUT2D eigenvalue weighted by Crippen LogP contribution is 2.39. The number of alkyl halides is 3. The molecule has 3 N–H and O–H groups in total. The molecule has 3 rings (SSSR count). The summed E-state index contributed by atoms with van der Waals surface area (Å²) in [4.78, 5) is 34.7. The summed E-state index contributed by atoms with van der Waals surface area (Å²) in [5.41, 5.74) is 0.495. The van der Waals surface area contributed by atoms with Crippen molar-refractivity contribution < 1.29 is 32.2 Å². The summed E-state index contributed by atoms with van der Waals surface area (Å²) in [6, 6.07) is 5.93. The first kappa shape index (κ1) is 27.8. The number of hydrogen-bond acceptors (Lipinski definition) is 7. The maximum absolute atomic E-state index is 12.4. The van der Waals surface area contributed by atoms with Crippen LogP contribution in [-0.2, 0) is 4.74 Å². The molecule has 1 aliphatic rings. The minimum Gasteiger partial charge on any atom is -0.444 e. The number of nitrogens with zero attached hydrogens (tertiary/aromatic N) is 3. The molecule has 0 spiro atoms. The van der Waals surface area contributed by atoms with Crippen molar-refractivity contribution >= 4 is 29.6 Å². The Balaban J connectivity index is 1.53. The second-order valence-electron chi connectivity index (χ2n) is 9.61. The molecule has 0 aliphatic heterocycles. The maximum Gasteiger partial charge on any atom is 0.573 e. The molecule has 1 aliphatic carbocycles. The molecule has 1 aromatic heterocycles. The number of ether oxygens (including phenoxy) is 2. The first-order valence-corrected chi connectivity index (χ1v) is 11.8. The second-order valence-corrected chi connectivity index (χ2v) is 9.61. The molecule has 1 aromatic carbocycles. The molecule has 1 saturated carbocycles. The van der Waals surface area contributed by atoms with Crippen LogP contribution >= 0.6 is 0 Å². The van der Waals surface area contributed by atoms with Gasteiger partial charge in [0.2, 0.25) is 5.95 Å². The van der Waals surface area contributed by atoms with Crippen molar-refractivity contribution in [1.29, 1.82) is 0 Å². The van der Waals surface area contributed by atoms with E-state index in [-0.39, 0.29) is 11.6 Å². The number of rotatable bonds is 9. The fraction of sp³-hybridized carbons (Fsp3) is 0.500. The van der Waals surface area contributed by atoms with Gasteiger partial charge in [-0.1, -0.05) is 0 Å².